The van der Waals surface area contributed by atoms with E-state index in [0.717, 1.165) is 0 Å². The zero-order valence-electron chi connectivity index (χ0n) is 12.3. The van der Waals surface area contributed by atoms with E-state index < -0.39 is 0 Å². The lowest BCUT2D eigenvalue weighted by molar-refractivity contribution is 0.0919. The Kier molecular flexibility index (Phi) is 4.83. The van der Waals surface area contributed by atoms with E-state index in [1.54, 1.807) is 24.3 Å². The van der Waals surface area contributed by atoms with Crippen LogP contribution in [-0.2, 0) is 0 Å². The van der Waals surface area contributed by atoms with Crippen molar-refractivity contribution in [1.29, 1.82) is 0 Å². The lowest BCUT2D eigenvalue weighted by atomic mass is 10.1. The average Bonchev–Trinajstić information content (AvgIpc) is 2.35. The predicted octanol–water partition coefficient (Wildman–Crippen LogP) is 3.45. The second-order valence-corrected chi connectivity index (χ2v) is 6.28. The molecule has 8 heteroatoms. The van der Waals surface area contributed by atoms with E-state index in [9.17, 15) is 4.79 Å². The number of nitrogens with one attached hydrogen (secondary N) is 2. The highest BCUT2D eigenvalue weighted by atomic mass is 35.5. The van der Waals surface area contributed by atoms with Crippen molar-refractivity contribution in [1.82, 2.24) is 20.3 Å². The Bertz CT molecular complexity index is 680. The number of hydrogen-bond acceptors (Lipinski definition) is 5. The van der Waals surface area contributed by atoms with E-state index in [1.807, 2.05) is 20.8 Å². The third-order valence-corrected chi connectivity index (χ3v) is 2.79. The summed E-state index contributed by atoms with van der Waals surface area (Å²) in [4.78, 5) is 23.6. The highest BCUT2D eigenvalue weighted by Crippen LogP contribution is 2.17. The van der Waals surface area contributed by atoms with E-state index in [4.69, 9.17) is 23.2 Å². The fourth-order valence-corrected chi connectivity index (χ4v) is 2.03. The van der Waals surface area contributed by atoms with Gasteiger partial charge in [0.1, 0.15) is 0 Å². The molecule has 0 fully saturated rings. The molecule has 1 amide bonds. The fraction of sp³-hybridized carbons (Fsp3) is 0.286. The molecule has 0 saturated heterocycles. The number of hydrogen-bond donors (Lipinski definition) is 2. The van der Waals surface area contributed by atoms with Crippen LogP contribution in [0.3, 0.4) is 0 Å². The summed E-state index contributed by atoms with van der Waals surface area (Å²) in [7, 11) is 0. The Morgan fingerprint density at radius 2 is 1.73 bits per heavy atom. The minimum absolute atomic E-state index is 0.0101. The highest BCUT2D eigenvalue weighted by molar-refractivity contribution is 6.31. The SMILES string of the molecule is CC(C)(C)NC(=O)c1cccc(Nc2nc(Cl)nc(Cl)n2)c1. The molecule has 22 heavy (non-hydrogen) atoms. The quantitative estimate of drug-likeness (QED) is 0.895. The second kappa shape index (κ2) is 6.46. The van der Waals surface area contributed by atoms with Crippen LogP contribution >= 0.6 is 23.2 Å². The van der Waals surface area contributed by atoms with Crippen LogP contribution in [0.25, 0.3) is 0 Å². The standard InChI is InChI=1S/C14H15Cl2N5O/c1-14(2,3)21-10(22)8-5-4-6-9(7-8)17-13-19-11(15)18-12(16)20-13/h4-7H,1-3H3,(H,21,22)(H,17,18,19,20). The van der Waals surface area contributed by atoms with Crippen LogP contribution in [0.4, 0.5) is 11.6 Å². The number of rotatable bonds is 3. The Morgan fingerprint density at radius 3 is 2.32 bits per heavy atom. The highest BCUT2D eigenvalue weighted by Gasteiger charge is 2.15. The first-order valence-corrected chi connectivity index (χ1v) is 7.25. The third-order valence-electron chi connectivity index (χ3n) is 2.45. The van der Waals surface area contributed by atoms with Gasteiger partial charge in [-0.3, -0.25) is 4.79 Å². The molecular weight excluding hydrogens is 325 g/mol. The number of aromatic nitrogens is 3. The summed E-state index contributed by atoms with van der Waals surface area (Å²) in [6, 6.07) is 6.94. The van der Waals surface area contributed by atoms with Crippen LogP contribution in [0.1, 0.15) is 31.1 Å². The van der Waals surface area contributed by atoms with Crippen LogP contribution in [0.2, 0.25) is 10.6 Å². The van der Waals surface area contributed by atoms with E-state index >= 15 is 0 Å². The molecule has 0 saturated carbocycles. The van der Waals surface area contributed by atoms with Crippen LogP contribution in [0.5, 0.6) is 0 Å². The summed E-state index contributed by atoms with van der Waals surface area (Å²) in [5, 5.41) is 5.81. The molecular formula is C14H15Cl2N5O. The molecule has 0 unspecified atom stereocenters. The normalized spacial score (nSPS) is 11.1. The molecule has 2 rings (SSSR count). The molecule has 1 heterocycles. The van der Waals surface area contributed by atoms with Gasteiger partial charge in [0, 0.05) is 16.8 Å². The predicted molar refractivity (Wildman–Crippen MR) is 86.8 cm³/mol. The van der Waals surface area contributed by atoms with Crippen LogP contribution in [0, 0.1) is 0 Å². The van der Waals surface area contributed by atoms with Gasteiger partial charge in [0.2, 0.25) is 16.5 Å². The molecule has 0 atom stereocenters. The van der Waals surface area contributed by atoms with Gasteiger partial charge < -0.3 is 10.6 Å². The van der Waals surface area contributed by atoms with Gasteiger partial charge in [0.25, 0.3) is 5.91 Å². The molecule has 0 bridgehead atoms. The number of benzene rings is 1. The molecule has 0 radical (unpaired) electrons. The molecule has 0 spiro atoms. The van der Waals surface area contributed by atoms with Crippen LogP contribution in [-0.4, -0.2) is 26.4 Å². The lowest BCUT2D eigenvalue weighted by Crippen LogP contribution is -2.40. The Balaban J connectivity index is 2.19. The smallest absolute Gasteiger partial charge is 0.251 e. The van der Waals surface area contributed by atoms with Crippen molar-refractivity contribution >= 4 is 40.7 Å². The van der Waals surface area contributed by atoms with E-state index in [2.05, 4.69) is 25.6 Å². The van der Waals surface area contributed by atoms with Crippen molar-refractivity contribution in [3.63, 3.8) is 0 Å². The Hall–Kier alpha value is -1.92. The van der Waals surface area contributed by atoms with Crippen molar-refractivity contribution < 1.29 is 4.79 Å². The molecule has 6 nitrogen and oxygen atoms in total. The molecule has 1 aromatic heterocycles. The summed E-state index contributed by atoms with van der Waals surface area (Å²) >= 11 is 11.4. The number of amides is 1. The van der Waals surface area contributed by atoms with Gasteiger partial charge >= 0.3 is 0 Å². The summed E-state index contributed by atoms with van der Waals surface area (Å²) in [6.45, 7) is 5.76. The van der Waals surface area contributed by atoms with E-state index in [-0.39, 0.29) is 28.0 Å². The van der Waals surface area contributed by atoms with E-state index in [0.29, 0.717) is 11.3 Å². The van der Waals surface area contributed by atoms with Gasteiger partial charge in [-0.2, -0.15) is 15.0 Å². The minimum atomic E-state index is -0.310. The summed E-state index contributed by atoms with van der Waals surface area (Å²) in [5.41, 5.74) is 0.849. The van der Waals surface area contributed by atoms with Crippen molar-refractivity contribution in [2.24, 2.45) is 0 Å². The monoisotopic (exact) mass is 339 g/mol. The molecule has 0 aliphatic carbocycles. The maximum Gasteiger partial charge on any atom is 0.251 e. The zero-order valence-corrected chi connectivity index (χ0v) is 13.8. The van der Waals surface area contributed by atoms with Crippen LogP contribution < -0.4 is 10.6 Å². The molecule has 2 N–H and O–H groups in total. The topological polar surface area (TPSA) is 79.8 Å². The van der Waals surface area contributed by atoms with Crippen LogP contribution in [0.15, 0.2) is 24.3 Å². The molecule has 1 aromatic carbocycles. The van der Waals surface area contributed by atoms with Crippen molar-refractivity contribution in [3.05, 3.63) is 40.4 Å². The molecule has 2 aromatic rings. The lowest BCUT2D eigenvalue weighted by Gasteiger charge is -2.20. The van der Waals surface area contributed by atoms with Crippen molar-refractivity contribution in [3.8, 4) is 0 Å². The van der Waals surface area contributed by atoms with Gasteiger partial charge in [0.15, 0.2) is 0 Å². The third kappa shape index (κ3) is 4.82. The number of carbonyl (C=O) groups excluding carboxylic acids is 1. The first-order chi connectivity index (χ1) is 10.2. The maximum absolute atomic E-state index is 12.2. The zero-order chi connectivity index (χ0) is 16.3. The summed E-state index contributed by atoms with van der Waals surface area (Å²) in [5.74, 6) is 0.0428. The summed E-state index contributed by atoms with van der Waals surface area (Å²) in [6.07, 6.45) is 0. The van der Waals surface area contributed by atoms with Gasteiger partial charge in [-0.15, -0.1) is 0 Å². The van der Waals surface area contributed by atoms with Crippen molar-refractivity contribution in [2.45, 2.75) is 26.3 Å². The molecule has 0 aliphatic heterocycles. The maximum atomic E-state index is 12.2. The van der Waals surface area contributed by atoms with Gasteiger partial charge in [0.05, 0.1) is 0 Å². The van der Waals surface area contributed by atoms with Crippen molar-refractivity contribution in [2.75, 3.05) is 5.32 Å². The minimum Gasteiger partial charge on any atom is -0.347 e. The van der Waals surface area contributed by atoms with Gasteiger partial charge in [-0.05, 0) is 62.2 Å². The fourth-order valence-electron chi connectivity index (χ4n) is 1.66. The number of carbonyl (C=O) groups is 1. The molecule has 116 valence electrons. The Morgan fingerprint density at radius 1 is 1.09 bits per heavy atom. The first-order valence-electron chi connectivity index (χ1n) is 6.50. The van der Waals surface area contributed by atoms with Gasteiger partial charge in [-0.25, -0.2) is 0 Å². The first kappa shape index (κ1) is 16.5. The average molecular weight is 340 g/mol. The van der Waals surface area contributed by atoms with Gasteiger partial charge in [-0.1, -0.05) is 6.07 Å². The Labute approximate surface area is 138 Å². The van der Waals surface area contributed by atoms with E-state index in [1.165, 1.54) is 0 Å². The number of nitrogens with zero attached hydrogens (tertiary/aromatic N) is 3. The number of halogens is 2. The summed E-state index contributed by atoms with van der Waals surface area (Å²) < 4.78 is 0. The number of anilines is 2. The second-order valence-electron chi connectivity index (χ2n) is 5.61. The largest absolute Gasteiger partial charge is 0.347 e. The molecule has 0 aliphatic rings.